The molecule has 0 aliphatic rings. The third-order valence-corrected chi connectivity index (χ3v) is 2.24. The first-order chi connectivity index (χ1) is 6.63. The third-order valence-electron chi connectivity index (χ3n) is 2.24. The summed E-state index contributed by atoms with van der Waals surface area (Å²) in [6.07, 6.45) is 0.538. The van der Waals surface area contributed by atoms with E-state index < -0.39 is 0 Å². The van der Waals surface area contributed by atoms with Crippen molar-refractivity contribution in [1.29, 1.82) is 0 Å². The van der Waals surface area contributed by atoms with Gasteiger partial charge in [-0.3, -0.25) is 4.79 Å². The van der Waals surface area contributed by atoms with Crippen LogP contribution in [0.4, 0.5) is 0 Å². The van der Waals surface area contributed by atoms with E-state index in [1.165, 1.54) is 5.56 Å². The molecule has 0 heterocycles. The van der Waals surface area contributed by atoms with E-state index >= 15 is 0 Å². The quantitative estimate of drug-likeness (QED) is 0.781. The van der Waals surface area contributed by atoms with Gasteiger partial charge < -0.3 is 5.32 Å². The Hall–Kier alpha value is -1.31. The van der Waals surface area contributed by atoms with Crippen LogP contribution in [0.2, 0.25) is 0 Å². The van der Waals surface area contributed by atoms with Gasteiger partial charge in [-0.25, -0.2) is 0 Å². The molecule has 0 spiro atoms. The minimum Gasteiger partial charge on any atom is -0.350 e. The first-order valence-corrected chi connectivity index (χ1v) is 4.99. The van der Waals surface area contributed by atoms with Gasteiger partial charge in [0.15, 0.2) is 0 Å². The molecule has 0 fully saturated rings. The predicted molar refractivity (Wildman–Crippen MR) is 58.0 cm³/mol. The number of hydrogen-bond acceptors (Lipinski definition) is 1. The minimum atomic E-state index is 0.0963. The number of rotatable bonds is 3. The summed E-state index contributed by atoms with van der Waals surface area (Å²) >= 11 is 0. The van der Waals surface area contributed by atoms with E-state index in [0.717, 1.165) is 5.56 Å². The van der Waals surface area contributed by atoms with E-state index in [2.05, 4.69) is 24.4 Å². The number of nitrogens with one attached hydrogen (secondary N) is 1. The second-order valence-corrected chi connectivity index (χ2v) is 3.56. The zero-order valence-electron chi connectivity index (χ0n) is 9.00. The summed E-state index contributed by atoms with van der Waals surface area (Å²) in [4.78, 5) is 11.2. The average Bonchev–Trinajstić information content (AvgIpc) is 2.17. The molecule has 1 N–H and O–H groups in total. The molecule has 1 atom stereocenters. The van der Waals surface area contributed by atoms with Gasteiger partial charge in [-0.05, 0) is 19.4 Å². The van der Waals surface area contributed by atoms with Gasteiger partial charge in [0.2, 0.25) is 5.91 Å². The fourth-order valence-corrected chi connectivity index (χ4v) is 1.37. The monoisotopic (exact) mass is 191 g/mol. The number of carbonyl (C=O) groups is 1. The van der Waals surface area contributed by atoms with Crippen molar-refractivity contribution in [3.63, 3.8) is 0 Å². The molecule has 0 aliphatic carbocycles. The molecule has 2 heteroatoms. The Labute approximate surface area is 85.3 Å². The van der Waals surface area contributed by atoms with Gasteiger partial charge in [-0.1, -0.05) is 36.8 Å². The van der Waals surface area contributed by atoms with Gasteiger partial charge in [-0.15, -0.1) is 0 Å². The molecule has 0 bridgehead atoms. The Morgan fingerprint density at radius 2 is 2.21 bits per heavy atom. The van der Waals surface area contributed by atoms with Crippen molar-refractivity contribution in [3.05, 3.63) is 35.4 Å². The smallest absolute Gasteiger partial charge is 0.220 e. The van der Waals surface area contributed by atoms with Crippen LogP contribution < -0.4 is 5.32 Å². The molecule has 14 heavy (non-hydrogen) atoms. The molecule has 0 saturated carbocycles. The lowest BCUT2D eigenvalue weighted by Crippen LogP contribution is -2.25. The molecule has 2 nitrogen and oxygen atoms in total. The highest BCUT2D eigenvalue weighted by molar-refractivity contribution is 5.75. The first-order valence-electron chi connectivity index (χ1n) is 4.99. The standard InChI is InChI=1S/C12H17NO/c1-4-12(14)13-10(3)11-7-5-6-9(2)8-11/h5-8,10H,4H2,1-3H3,(H,13,14)/t10-/m0/s1. The molecule has 0 unspecified atom stereocenters. The zero-order chi connectivity index (χ0) is 10.6. The molecule has 0 radical (unpaired) electrons. The molecule has 0 aromatic heterocycles. The van der Waals surface area contributed by atoms with E-state index in [0.29, 0.717) is 6.42 Å². The summed E-state index contributed by atoms with van der Waals surface area (Å²) < 4.78 is 0. The van der Waals surface area contributed by atoms with Crippen LogP contribution in [0.3, 0.4) is 0 Å². The van der Waals surface area contributed by atoms with Crippen molar-refractivity contribution < 1.29 is 4.79 Å². The summed E-state index contributed by atoms with van der Waals surface area (Å²) in [5.41, 5.74) is 2.38. The average molecular weight is 191 g/mol. The van der Waals surface area contributed by atoms with Crippen LogP contribution >= 0.6 is 0 Å². The Morgan fingerprint density at radius 3 is 2.79 bits per heavy atom. The van der Waals surface area contributed by atoms with Gasteiger partial charge in [0.1, 0.15) is 0 Å². The summed E-state index contributed by atoms with van der Waals surface area (Å²) in [6, 6.07) is 8.30. The summed E-state index contributed by atoms with van der Waals surface area (Å²) in [5.74, 6) is 0.0963. The molecular weight excluding hydrogens is 174 g/mol. The highest BCUT2D eigenvalue weighted by Gasteiger charge is 2.07. The lowest BCUT2D eigenvalue weighted by molar-refractivity contribution is -0.121. The number of amides is 1. The molecule has 0 saturated heterocycles. The summed E-state index contributed by atoms with van der Waals surface area (Å²) in [6.45, 7) is 5.92. The molecule has 1 aromatic rings. The SMILES string of the molecule is CCC(=O)N[C@@H](C)c1cccc(C)c1. The lowest BCUT2D eigenvalue weighted by Gasteiger charge is -2.14. The Kier molecular flexibility index (Phi) is 3.69. The number of hydrogen-bond donors (Lipinski definition) is 1. The molecule has 1 amide bonds. The van der Waals surface area contributed by atoms with Crippen LogP contribution in [0, 0.1) is 6.92 Å². The van der Waals surface area contributed by atoms with E-state index in [4.69, 9.17) is 0 Å². The van der Waals surface area contributed by atoms with Crippen LogP contribution in [0.1, 0.15) is 37.4 Å². The van der Waals surface area contributed by atoms with Crippen molar-refractivity contribution in [1.82, 2.24) is 5.32 Å². The van der Waals surface area contributed by atoms with Crippen molar-refractivity contribution in [2.75, 3.05) is 0 Å². The van der Waals surface area contributed by atoms with Crippen molar-refractivity contribution in [3.8, 4) is 0 Å². The lowest BCUT2D eigenvalue weighted by atomic mass is 10.1. The first kappa shape index (κ1) is 10.8. The number of carbonyl (C=O) groups excluding carboxylic acids is 1. The highest BCUT2D eigenvalue weighted by atomic mass is 16.1. The van der Waals surface area contributed by atoms with Crippen molar-refractivity contribution in [2.24, 2.45) is 0 Å². The fourth-order valence-electron chi connectivity index (χ4n) is 1.37. The third kappa shape index (κ3) is 2.87. The molecular formula is C12H17NO. The van der Waals surface area contributed by atoms with Crippen LogP contribution in [0.25, 0.3) is 0 Å². The maximum atomic E-state index is 11.2. The molecule has 0 aliphatic heterocycles. The predicted octanol–water partition coefficient (Wildman–Crippen LogP) is 2.58. The maximum Gasteiger partial charge on any atom is 0.220 e. The van der Waals surface area contributed by atoms with E-state index in [-0.39, 0.29) is 11.9 Å². The Morgan fingerprint density at radius 1 is 1.50 bits per heavy atom. The van der Waals surface area contributed by atoms with Crippen molar-refractivity contribution >= 4 is 5.91 Å². The minimum absolute atomic E-state index is 0.0963. The van der Waals surface area contributed by atoms with E-state index in [9.17, 15) is 4.79 Å². The van der Waals surface area contributed by atoms with Crippen LogP contribution in [-0.4, -0.2) is 5.91 Å². The normalized spacial score (nSPS) is 12.2. The molecule has 1 rings (SSSR count). The van der Waals surface area contributed by atoms with E-state index in [1.54, 1.807) is 0 Å². The molecule has 76 valence electrons. The van der Waals surface area contributed by atoms with Crippen molar-refractivity contribution in [2.45, 2.75) is 33.2 Å². The number of benzene rings is 1. The molecule has 1 aromatic carbocycles. The second-order valence-electron chi connectivity index (χ2n) is 3.56. The Bertz CT molecular complexity index is 320. The van der Waals surface area contributed by atoms with Crippen LogP contribution in [0.5, 0.6) is 0 Å². The van der Waals surface area contributed by atoms with Gasteiger partial charge in [0.25, 0.3) is 0 Å². The summed E-state index contributed by atoms with van der Waals surface area (Å²) in [7, 11) is 0. The second kappa shape index (κ2) is 4.80. The van der Waals surface area contributed by atoms with Gasteiger partial charge in [-0.2, -0.15) is 0 Å². The maximum absolute atomic E-state index is 11.2. The summed E-state index contributed by atoms with van der Waals surface area (Å²) in [5, 5.41) is 2.93. The topological polar surface area (TPSA) is 29.1 Å². The fraction of sp³-hybridized carbons (Fsp3) is 0.417. The Balaban J connectivity index is 2.69. The van der Waals surface area contributed by atoms with Crippen LogP contribution in [0.15, 0.2) is 24.3 Å². The van der Waals surface area contributed by atoms with Gasteiger partial charge in [0, 0.05) is 6.42 Å². The van der Waals surface area contributed by atoms with E-state index in [1.807, 2.05) is 26.0 Å². The zero-order valence-corrected chi connectivity index (χ0v) is 9.00. The van der Waals surface area contributed by atoms with Gasteiger partial charge in [0.05, 0.1) is 6.04 Å². The van der Waals surface area contributed by atoms with Crippen LogP contribution in [-0.2, 0) is 4.79 Å². The largest absolute Gasteiger partial charge is 0.350 e. The van der Waals surface area contributed by atoms with Gasteiger partial charge >= 0.3 is 0 Å². The number of aryl methyl sites for hydroxylation is 1. The highest BCUT2D eigenvalue weighted by Crippen LogP contribution is 2.13.